The smallest absolute Gasteiger partial charge is 0.150 e. The molecule has 0 radical (unpaired) electrons. The van der Waals surface area contributed by atoms with Crippen LogP contribution in [0.4, 0.5) is 11.5 Å². The minimum atomic E-state index is 0.819. The number of rotatable bonds is 5. The highest BCUT2D eigenvalue weighted by Crippen LogP contribution is 2.25. The SMILES string of the molecule is CCCN(C)c1c(N)c(C)nn1CCC. The van der Waals surface area contributed by atoms with Gasteiger partial charge < -0.3 is 10.6 Å². The first-order chi connectivity index (χ1) is 7.11. The zero-order valence-electron chi connectivity index (χ0n) is 10.2. The molecule has 0 fully saturated rings. The third kappa shape index (κ3) is 2.43. The minimum Gasteiger partial charge on any atom is -0.394 e. The maximum atomic E-state index is 6.04. The van der Waals surface area contributed by atoms with Crippen molar-refractivity contribution in [3.8, 4) is 0 Å². The second-order valence-electron chi connectivity index (χ2n) is 3.97. The van der Waals surface area contributed by atoms with Gasteiger partial charge >= 0.3 is 0 Å². The van der Waals surface area contributed by atoms with E-state index in [1.807, 2.05) is 11.6 Å². The first kappa shape index (κ1) is 11.9. The largest absolute Gasteiger partial charge is 0.394 e. The van der Waals surface area contributed by atoms with Crippen molar-refractivity contribution in [2.24, 2.45) is 0 Å². The lowest BCUT2D eigenvalue weighted by Gasteiger charge is -2.20. The van der Waals surface area contributed by atoms with Crippen molar-refractivity contribution >= 4 is 11.5 Å². The zero-order valence-corrected chi connectivity index (χ0v) is 10.2. The van der Waals surface area contributed by atoms with Crippen LogP contribution in [-0.2, 0) is 6.54 Å². The molecular formula is C11H22N4. The molecule has 1 aromatic heterocycles. The van der Waals surface area contributed by atoms with Crippen LogP contribution in [-0.4, -0.2) is 23.4 Å². The molecule has 15 heavy (non-hydrogen) atoms. The Hall–Kier alpha value is -1.19. The lowest BCUT2D eigenvalue weighted by atomic mass is 10.3. The summed E-state index contributed by atoms with van der Waals surface area (Å²) in [5.74, 6) is 1.07. The fourth-order valence-corrected chi connectivity index (χ4v) is 1.79. The van der Waals surface area contributed by atoms with Crippen molar-refractivity contribution in [3.63, 3.8) is 0 Å². The summed E-state index contributed by atoms with van der Waals surface area (Å²) in [7, 11) is 2.07. The standard InChI is InChI=1S/C11H22N4/c1-5-7-14(4)11-10(12)9(3)13-15(11)8-6-2/h5-8,12H2,1-4H3. The molecule has 0 spiro atoms. The number of anilines is 2. The van der Waals surface area contributed by atoms with Crippen molar-refractivity contribution in [1.29, 1.82) is 0 Å². The van der Waals surface area contributed by atoms with Crippen LogP contribution >= 0.6 is 0 Å². The highest BCUT2D eigenvalue weighted by molar-refractivity contribution is 5.65. The summed E-state index contributed by atoms with van der Waals surface area (Å²) in [5, 5.41) is 4.45. The Morgan fingerprint density at radius 3 is 2.53 bits per heavy atom. The molecule has 0 saturated carbocycles. The van der Waals surface area contributed by atoms with Gasteiger partial charge in [0.2, 0.25) is 0 Å². The molecule has 1 heterocycles. The van der Waals surface area contributed by atoms with E-state index in [9.17, 15) is 0 Å². The summed E-state index contributed by atoms with van der Waals surface area (Å²) in [6, 6.07) is 0. The van der Waals surface area contributed by atoms with Gasteiger partial charge in [0.15, 0.2) is 0 Å². The summed E-state index contributed by atoms with van der Waals surface area (Å²) in [6.07, 6.45) is 2.19. The van der Waals surface area contributed by atoms with E-state index < -0.39 is 0 Å². The van der Waals surface area contributed by atoms with Gasteiger partial charge in [-0.25, -0.2) is 4.68 Å². The first-order valence-corrected chi connectivity index (χ1v) is 5.65. The summed E-state index contributed by atoms with van der Waals surface area (Å²) in [5.41, 5.74) is 7.79. The van der Waals surface area contributed by atoms with Gasteiger partial charge in [-0.3, -0.25) is 0 Å². The second-order valence-corrected chi connectivity index (χ2v) is 3.97. The van der Waals surface area contributed by atoms with Crippen molar-refractivity contribution in [3.05, 3.63) is 5.69 Å². The second kappa shape index (κ2) is 5.05. The van der Waals surface area contributed by atoms with Crippen LogP contribution in [0.25, 0.3) is 0 Å². The van der Waals surface area contributed by atoms with Crippen LogP contribution in [0.5, 0.6) is 0 Å². The molecule has 2 N–H and O–H groups in total. The van der Waals surface area contributed by atoms with Crippen LogP contribution in [0.15, 0.2) is 0 Å². The molecule has 1 rings (SSSR count). The average Bonchev–Trinajstić information content (AvgIpc) is 2.44. The number of aryl methyl sites for hydroxylation is 2. The molecule has 0 aromatic carbocycles. The monoisotopic (exact) mass is 210 g/mol. The molecule has 86 valence electrons. The van der Waals surface area contributed by atoms with E-state index in [-0.39, 0.29) is 0 Å². The van der Waals surface area contributed by atoms with Gasteiger partial charge in [-0.2, -0.15) is 5.10 Å². The predicted octanol–water partition coefficient (Wildman–Crippen LogP) is 2.03. The fourth-order valence-electron chi connectivity index (χ4n) is 1.79. The Kier molecular flexibility index (Phi) is 4.00. The van der Waals surface area contributed by atoms with Gasteiger partial charge in [-0.15, -0.1) is 0 Å². The number of aromatic nitrogens is 2. The molecular weight excluding hydrogens is 188 g/mol. The topological polar surface area (TPSA) is 47.1 Å². The normalized spacial score (nSPS) is 10.7. The van der Waals surface area contributed by atoms with Crippen LogP contribution in [0.2, 0.25) is 0 Å². The number of nitrogens with two attached hydrogens (primary N) is 1. The van der Waals surface area contributed by atoms with Crippen molar-refractivity contribution < 1.29 is 0 Å². The van der Waals surface area contributed by atoms with E-state index >= 15 is 0 Å². The molecule has 0 atom stereocenters. The number of hydrogen-bond acceptors (Lipinski definition) is 3. The highest BCUT2D eigenvalue weighted by atomic mass is 15.4. The number of nitrogen functional groups attached to an aromatic ring is 1. The highest BCUT2D eigenvalue weighted by Gasteiger charge is 2.14. The minimum absolute atomic E-state index is 0.819. The van der Waals surface area contributed by atoms with Gasteiger partial charge in [0, 0.05) is 20.1 Å². The first-order valence-electron chi connectivity index (χ1n) is 5.65. The zero-order chi connectivity index (χ0) is 11.4. The van der Waals surface area contributed by atoms with E-state index in [1.165, 1.54) is 0 Å². The van der Waals surface area contributed by atoms with Crippen LogP contribution < -0.4 is 10.6 Å². The van der Waals surface area contributed by atoms with Gasteiger partial charge in [0.05, 0.1) is 11.4 Å². The van der Waals surface area contributed by atoms with Crippen molar-refractivity contribution in [1.82, 2.24) is 9.78 Å². The van der Waals surface area contributed by atoms with Crippen LogP contribution in [0.3, 0.4) is 0 Å². The molecule has 0 unspecified atom stereocenters. The molecule has 0 saturated heterocycles. The van der Waals surface area contributed by atoms with Crippen molar-refractivity contribution in [2.75, 3.05) is 24.2 Å². The van der Waals surface area contributed by atoms with E-state index in [4.69, 9.17) is 5.73 Å². The Bertz CT molecular complexity index is 317. The Morgan fingerprint density at radius 1 is 1.33 bits per heavy atom. The lowest BCUT2D eigenvalue weighted by Crippen LogP contribution is -2.22. The Labute approximate surface area is 92.1 Å². The van der Waals surface area contributed by atoms with E-state index in [0.717, 1.165) is 43.1 Å². The molecule has 0 aliphatic carbocycles. The van der Waals surface area contributed by atoms with Gasteiger partial charge in [0.25, 0.3) is 0 Å². The van der Waals surface area contributed by atoms with Gasteiger partial charge in [-0.05, 0) is 19.8 Å². The van der Waals surface area contributed by atoms with Crippen LogP contribution in [0.1, 0.15) is 32.4 Å². The molecule has 0 aliphatic rings. The molecule has 0 bridgehead atoms. The summed E-state index contributed by atoms with van der Waals surface area (Å²) >= 11 is 0. The van der Waals surface area contributed by atoms with E-state index in [0.29, 0.717) is 0 Å². The fraction of sp³-hybridized carbons (Fsp3) is 0.727. The Balaban J connectivity index is 3.01. The summed E-state index contributed by atoms with van der Waals surface area (Å²) in [4.78, 5) is 2.19. The van der Waals surface area contributed by atoms with Crippen LogP contribution in [0, 0.1) is 6.92 Å². The number of hydrogen-bond donors (Lipinski definition) is 1. The van der Waals surface area contributed by atoms with E-state index in [2.05, 4.69) is 30.9 Å². The molecule has 1 aromatic rings. The molecule has 4 heteroatoms. The van der Waals surface area contributed by atoms with Gasteiger partial charge in [-0.1, -0.05) is 13.8 Å². The van der Waals surface area contributed by atoms with Crippen molar-refractivity contribution in [2.45, 2.75) is 40.2 Å². The molecule has 4 nitrogen and oxygen atoms in total. The summed E-state index contributed by atoms with van der Waals surface area (Å²) in [6.45, 7) is 8.22. The predicted molar refractivity (Wildman–Crippen MR) is 65.2 cm³/mol. The molecule has 0 amide bonds. The Morgan fingerprint density at radius 2 is 2.00 bits per heavy atom. The van der Waals surface area contributed by atoms with E-state index in [1.54, 1.807) is 0 Å². The number of nitrogens with zero attached hydrogens (tertiary/aromatic N) is 3. The average molecular weight is 210 g/mol. The van der Waals surface area contributed by atoms with Gasteiger partial charge in [0.1, 0.15) is 5.82 Å². The lowest BCUT2D eigenvalue weighted by molar-refractivity contribution is 0.590. The molecule has 0 aliphatic heterocycles. The quantitative estimate of drug-likeness (QED) is 0.809. The third-order valence-electron chi connectivity index (χ3n) is 2.50. The summed E-state index contributed by atoms with van der Waals surface area (Å²) < 4.78 is 2.01. The maximum Gasteiger partial charge on any atom is 0.150 e. The maximum absolute atomic E-state index is 6.04. The third-order valence-corrected chi connectivity index (χ3v) is 2.50.